The van der Waals surface area contributed by atoms with Gasteiger partial charge in [-0.15, -0.1) is 0 Å². The van der Waals surface area contributed by atoms with E-state index in [0.717, 1.165) is 5.75 Å². The SMILES string of the molecule is CCOc1ccc(O[PH+]=O)cc1. The molecular formula is C8H10O3P+. The Bertz CT molecular complexity index is 245. The number of hydrogen-bond donors (Lipinski definition) is 0. The van der Waals surface area contributed by atoms with Gasteiger partial charge in [0.1, 0.15) is 5.75 Å². The minimum Gasteiger partial charge on any atom is -0.494 e. The zero-order valence-electron chi connectivity index (χ0n) is 6.74. The predicted octanol–water partition coefficient (Wildman–Crippen LogP) is 2.40. The van der Waals surface area contributed by atoms with Crippen molar-refractivity contribution in [3.8, 4) is 11.5 Å². The standard InChI is InChI=1S/C8H10O3P/c1-2-10-7-3-5-8(6-4-7)11-12-9/h3-6,12H,2H2,1H3/q+1. The summed E-state index contributed by atoms with van der Waals surface area (Å²) in [5, 5.41) is 0. The molecule has 0 amide bonds. The predicted molar refractivity (Wildman–Crippen MR) is 47.2 cm³/mol. The Hall–Kier alpha value is -1.08. The normalized spacial score (nSPS) is 9.75. The first-order valence-corrected chi connectivity index (χ1v) is 4.45. The van der Waals surface area contributed by atoms with E-state index >= 15 is 0 Å². The summed E-state index contributed by atoms with van der Waals surface area (Å²) in [6.45, 7) is 2.56. The maximum absolute atomic E-state index is 10.1. The summed E-state index contributed by atoms with van der Waals surface area (Å²) in [6.07, 6.45) is 0. The van der Waals surface area contributed by atoms with E-state index in [1.807, 2.05) is 6.92 Å². The summed E-state index contributed by atoms with van der Waals surface area (Å²) in [6, 6.07) is 6.99. The molecule has 1 unspecified atom stereocenters. The fourth-order valence-corrected chi connectivity index (χ4v) is 1.05. The average molecular weight is 185 g/mol. The molecule has 12 heavy (non-hydrogen) atoms. The third-order valence-corrected chi connectivity index (χ3v) is 1.61. The fraction of sp³-hybridized carbons (Fsp3) is 0.250. The Balaban J connectivity index is 2.64. The van der Waals surface area contributed by atoms with Crippen LogP contribution in [0.1, 0.15) is 6.92 Å². The van der Waals surface area contributed by atoms with Crippen LogP contribution in [0.15, 0.2) is 24.3 Å². The number of ether oxygens (including phenoxy) is 1. The van der Waals surface area contributed by atoms with Gasteiger partial charge in [0.2, 0.25) is 0 Å². The molecule has 0 aromatic heterocycles. The van der Waals surface area contributed by atoms with Gasteiger partial charge in [-0.2, -0.15) is 0 Å². The van der Waals surface area contributed by atoms with Gasteiger partial charge in [-0.1, -0.05) is 0 Å². The molecule has 0 saturated heterocycles. The van der Waals surface area contributed by atoms with E-state index in [4.69, 9.17) is 9.26 Å². The molecule has 64 valence electrons. The first-order valence-electron chi connectivity index (χ1n) is 3.63. The molecule has 0 aliphatic carbocycles. The Kier molecular flexibility index (Phi) is 3.55. The van der Waals surface area contributed by atoms with E-state index in [-0.39, 0.29) is 0 Å². The molecule has 1 rings (SSSR count). The smallest absolute Gasteiger partial charge is 0.494 e. The van der Waals surface area contributed by atoms with Gasteiger partial charge in [-0.25, -0.2) is 0 Å². The molecule has 1 aromatic rings. The fourth-order valence-electron chi connectivity index (χ4n) is 0.819. The van der Waals surface area contributed by atoms with E-state index in [9.17, 15) is 4.57 Å². The molecule has 3 nitrogen and oxygen atoms in total. The second-order valence-corrected chi connectivity index (χ2v) is 2.46. The van der Waals surface area contributed by atoms with Crippen molar-refractivity contribution in [3.05, 3.63) is 24.3 Å². The van der Waals surface area contributed by atoms with Gasteiger partial charge in [-0.3, -0.25) is 4.52 Å². The highest BCUT2D eigenvalue weighted by molar-refractivity contribution is 7.17. The molecule has 0 fully saturated rings. The minimum atomic E-state index is -0.758. The lowest BCUT2D eigenvalue weighted by Crippen LogP contribution is -1.90. The third-order valence-electron chi connectivity index (χ3n) is 1.29. The molecule has 0 radical (unpaired) electrons. The highest BCUT2D eigenvalue weighted by Gasteiger charge is 1.97. The maximum Gasteiger partial charge on any atom is 0.542 e. The largest absolute Gasteiger partial charge is 0.542 e. The molecule has 0 N–H and O–H groups in total. The van der Waals surface area contributed by atoms with E-state index in [0.29, 0.717) is 12.4 Å². The minimum absolute atomic E-state index is 0.590. The highest BCUT2D eigenvalue weighted by atomic mass is 31.1. The quantitative estimate of drug-likeness (QED) is 0.675. The van der Waals surface area contributed by atoms with Crippen molar-refractivity contribution in [2.24, 2.45) is 0 Å². The van der Waals surface area contributed by atoms with Gasteiger partial charge < -0.3 is 4.74 Å². The van der Waals surface area contributed by atoms with Gasteiger partial charge >= 0.3 is 8.69 Å². The molecular weight excluding hydrogens is 175 g/mol. The zero-order valence-corrected chi connectivity index (χ0v) is 7.74. The van der Waals surface area contributed by atoms with Crippen molar-refractivity contribution < 1.29 is 13.8 Å². The Morgan fingerprint density at radius 3 is 2.33 bits per heavy atom. The highest BCUT2D eigenvalue weighted by Crippen LogP contribution is 2.19. The van der Waals surface area contributed by atoms with Crippen LogP contribution < -0.4 is 9.26 Å². The number of rotatable bonds is 4. The summed E-state index contributed by atoms with van der Waals surface area (Å²) in [7, 11) is -0.758. The van der Waals surface area contributed by atoms with E-state index in [1.165, 1.54) is 0 Å². The summed E-state index contributed by atoms with van der Waals surface area (Å²) in [5.74, 6) is 1.38. The van der Waals surface area contributed by atoms with Gasteiger partial charge in [0.05, 0.1) is 6.61 Å². The lowest BCUT2D eigenvalue weighted by atomic mass is 10.3. The van der Waals surface area contributed by atoms with Gasteiger partial charge in [-0.05, 0) is 35.8 Å². The number of hydrogen-bond acceptors (Lipinski definition) is 3. The summed E-state index contributed by atoms with van der Waals surface area (Å²) >= 11 is 0. The van der Waals surface area contributed by atoms with E-state index in [1.54, 1.807) is 24.3 Å². The van der Waals surface area contributed by atoms with Crippen LogP contribution in [0.5, 0.6) is 11.5 Å². The Morgan fingerprint density at radius 1 is 1.25 bits per heavy atom. The van der Waals surface area contributed by atoms with Crippen molar-refractivity contribution in [3.63, 3.8) is 0 Å². The van der Waals surface area contributed by atoms with Crippen LogP contribution in [0, 0.1) is 0 Å². The van der Waals surface area contributed by atoms with Crippen molar-refractivity contribution in [2.45, 2.75) is 6.92 Å². The second-order valence-electron chi connectivity index (χ2n) is 2.09. The van der Waals surface area contributed by atoms with E-state index in [2.05, 4.69) is 0 Å². The van der Waals surface area contributed by atoms with Crippen LogP contribution in [0.4, 0.5) is 0 Å². The van der Waals surface area contributed by atoms with Crippen LogP contribution in [-0.4, -0.2) is 6.61 Å². The summed E-state index contributed by atoms with van der Waals surface area (Å²) in [4.78, 5) is 0. The molecule has 0 spiro atoms. The molecule has 0 saturated carbocycles. The van der Waals surface area contributed by atoms with Crippen molar-refractivity contribution in [1.29, 1.82) is 0 Å². The first-order chi connectivity index (χ1) is 5.86. The molecule has 0 heterocycles. The molecule has 4 heteroatoms. The molecule has 0 aliphatic rings. The lowest BCUT2D eigenvalue weighted by molar-refractivity contribution is 0.340. The first kappa shape index (κ1) is 9.01. The van der Waals surface area contributed by atoms with Crippen molar-refractivity contribution in [2.75, 3.05) is 6.61 Å². The Morgan fingerprint density at radius 2 is 1.83 bits per heavy atom. The summed E-state index contributed by atoms with van der Waals surface area (Å²) in [5.41, 5.74) is 0. The monoisotopic (exact) mass is 185 g/mol. The third kappa shape index (κ3) is 2.51. The van der Waals surface area contributed by atoms with Crippen LogP contribution >= 0.6 is 8.69 Å². The molecule has 1 atom stereocenters. The molecule has 0 bridgehead atoms. The average Bonchev–Trinajstić information content (AvgIpc) is 2.09. The van der Waals surface area contributed by atoms with Gasteiger partial charge in [0.25, 0.3) is 0 Å². The van der Waals surface area contributed by atoms with Crippen LogP contribution in [0.3, 0.4) is 0 Å². The number of benzene rings is 1. The van der Waals surface area contributed by atoms with Crippen LogP contribution in [-0.2, 0) is 4.57 Å². The maximum atomic E-state index is 10.1. The molecule has 0 aliphatic heterocycles. The van der Waals surface area contributed by atoms with Crippen molar-refractivity contribution in [1.82, 2.24) is 0 Å². The van der Waals surface area contributed by atoms with Crippen molar-refractivity contribution >= 4 is 8.69 Å². The topological polar surface area (TPSA) is 35.5 Å². The summed E-state index contributed by atoms with van der Waals surface area (Å²) < 4.78 is 20.0. The van der Waals surface area contributed by atoms with Gasteiger partial charge in [0.15, 0.2) is 5.75 Å². The van der Waals surface area contributed by atoms with Gasteiger partial charge in [0, 0.05) is 0 Å². The Labute approximate surface area is 72.6 Å². The van der Waals surface area contributed by atoms with Crippen LogP contribution in [0.2, 0.25) is 0 Å². The second kappa shape index (κ2) is 4.73. The van der Waals surface area contributed by atoms with Crippen LogP contribution in [0.25, 0.3) is 0 Å². The zero-order chi connectivity index (χ0) is 8.81. The lowest BCUT2D eigenvalue weighted by Gasteiger charge is -2.00. The van der Waals surface area contributed by atoms with E-state index < -0.39 is 8.69 Å². The molecule has 1 aromatic carbocycles.